The summed E-state index contributed by atoms with van der Waals surface area (Å²) in [7, 11) is 0. The lowest BCUT2D eigenvalue weighted by Crippen LogP contribution is -2.34. The number of carbonyl (C=O) groups excluding carboxylic acids is 1. The number of nitrogens with zero attached hydrogens (tertiary/aromatic N) is 1. The Labute approximate surface area is 185 Å². The van der Waals surface area contributed by atoms with Gasteiger partial charge in [0.2, 0.25) is 5.89 Å². The Bertz CT molecular complexity index is 1220. The number of benzene rings is 3. The molecule has 0 fully saturated rings. The minimum absolute atomic E-state index is 0.172. The Hall–Kier alpha value is -2.74. The third-order valence-corrected chi connectivity index (χ3v) is 5.02. The zero-order valence-electron chi connectivity index (χ0n) is 14.8. The smallest absolute Gasteiger partial charge is 0.257 e. The molecule has 0 aliphatic heterocycles. The maximum atomic E-state index is 12.3. The standard InChI is InChI=1S/C21H13BrClN3O2S/c22-14-6-4-12(5-7-14)20-25-17-11-16(8-9-18(17)28-20)24-21(29)26-19(27)13-2-1-3-15(23)10-13/h1-11H,(H2,24,26,27,29). The number of rotatable bonds is 3. The number of nitrogens with one attached hydrogen (secondary N) is 2. The van der Waals surface area contributed by atoms with Crippen molar-refractivity contribution in [3.05, 3.63) is 81.8 Å². The lowest BCUT2D eigenvalue weighted by molar-refractivity contribution is 0.0977. The van der Waals surface area contributed by atoms with Crippen molar-refractivity contribution < 1.29 is 9.21 Å². The van der Waals surface area contributed by atoms with Gasteiger partial charge in [0.1, 0.15) is 5.52 Å². The summed E-state index contributed by atoms with van der Waals surface area (Å²) in [5.74, 6) is 0.187. The Balaban J connectivity index is 1.48. The summed E-state index contributed by atoms with van der Waals surface area (Å²) in [6, 6.07) is 19.8. The first-order valence-corrected chi connectivity index (χ1v) is 10.1. The maximum absolute atomic E-state index is 12.3. The van der Waals surface area contributed by atoms with Crippen molar-refractivity contribution in [2.45, 2.75) is 0 Å². The highest BCUT2D eigenvalue weighted by Crippen LogP contribution is 2.27. The van der Waals surface area contributed by atoms with Crippen LogP contribution in [0.3, 0.4) is 0 Å². The molecule has 144 valence electrons. The number of fused-ring (bicyclic) bond motifs is 1. The first-order valence-electron chi connectivity index (χ1n) is 8.52. The highest BCUT2D eigenvalue weighted by atomic mass is 79.9. The second-order valence-corrected chi connectivity index (χ2v) is 7.89. The van der Waals surface area contributed by atoms with E-state index in [1.165, 1.54) is 0 Å². The number of aromatic nitrogens is 1. The van der Waals surface area contributed by atoms with E-state index in [-0.39, 0.29) is 11.0 Å². The van der Waals surface area contributed by atoms with Gasteiger partial charge in [-0.2, -0.15) is 0 Å². The molecule has 0 atom stereocenters. The predicted octanol–water partition coefficient (Wildman–Crippen LogP) is 6.04. The van der Waals surface area contributed by atoms with Gasteiger partial charge in [0, 0.05) is 26.3 Å². The molecule has 3 aromatic carbocycles. The van der Waals surface area contributed by atoms with E-state index in [9.17, 15) is 4.79 Å². The fourth-order valence-electron chi connectivity index (χ4n) is 2.69. The average molecular weight is 487 g/mol. The molecule has 0 aliphatic rings. The van der Waals surface area contributed by atoms with E-state index in [0.717, 1.165) is 10.0 Å². The minimum atomic E-state index is -0.343. The van der Waals surface area contributed by atoms with E-state index in [2.05, 4.69) is 31.5 Å². The fourth-order valence-corrected chi connectivity index (χ4v) is 3.35. The predicted molar refractivity (Wildman–Crippen MR) is 122 cm³/mol. The quantitative estimate of drug-likeness (QED) is 0.346. The molecule has 1 heterocycles. The van der Waals surface area contributed by atoms with Crippen LogP contribution in [-0.4, -0.2) is 16.0 Å². The topological polar surface area (TPSA) is 67.2 Å². The molecule has 5 nitrogen and oxygen atoms in total. The summed E-state index contributed by atoms with van der Waals surface area (Å²) in [5, 5.41) is 6.27. The highest BCUT2D eigenvalue weighted by Gasteiger charge is 2.11. The normalized spacial score (nSPS) is 10.7. The molecular formula is C21H13BrClN3O2S. The number of oxazole rings is 1. The summed E-state index contributed by atoms with van der Waals surface area (Å²) in [6.07, 6.45) is 0. The van der Waals surface area contributed by atoms with E-state index in [1.54, 1.807) is 42.5 Å². The van der Waals surface area contributed by atoms with Crippen LogP contribution in [0.5, 0.6) is 0 Å². The molecule has 1 aromatic heterocycles. The van der Waals surface area contributed by atoms with Gasteiger partial charge in [-0.05, 0) is 72.9 Å². The molecule has 0 spiro atoms. The van der Waals surface area contributed by atoms with E-state index in [1.807, 2.05) is 24.3 Å². The number of carbonyl (C=O) groups is 1. The van der Waals surface area contributed by atoms with Crippen LogP contribution in [0.15, 0.2) is 75.6 Å². The summed E-state index contributed by atoms with van der Waals surface area (Å²) in [5.41, 5.74) is 3.32. The number of halogens is 2. The SMILES string of the molecule is O=C(NC(=S)Nc1ccc2oc(-c3ccc(Br)cc3)nc2c1)c1cccc(Cl)c1. The van der Waals surface area contributed by atoms with Crippen LogP contribution in [0, 0.1) is 0 Å². The third-order valence-electron chi connectivity index (χ3n) is 4.05. The van der Waals surface area contributed by atoms with Gasteiger partial charge >= 0.3 is 0 Å². The monoisotopic (exact) mass is 485 g/mol. The molecule has 8 heteroatoms. The number of hydrogen-bond donors (Lipinski definition) is 2. The van der Waals surface area contributed by atoms with Crippen LogP contribution in [0.1, 0.15) is 10.4 Å². The van der Waals surface area contributed by atoms with Crippen molar-refractivity contribution in [3.8, 4) is 11.5 Å². The summed E-state index contributed by atoms with van der Waals surface area (Å²) in [6.45, 7) is 0. The third kappa shape index (κ3) is 4.64. The molecule has 0 bridgehead atoms. The molecule has 29 heavy (non-hydrogen) atoms. The molecule has 0 aliphatic carbocycles. The number of anilines is 1. The summed E-state index contributed by atoms with van der Waals surface area (Å²) >= 11 is 14.6. The maximum Gasteiger partial charge on any atom is 0.257 e. The van der Waals surface area contributed by atoms with Gasteiger partial charge in [-0.15, -0.1) is 0 Å². The molecular weight excluding hydrogens is 474 g/mol. The van der Waals surface area contributed by atoms with Crippen LogP contribution >= 0.6 is 39.7 Å². The zero-order chi connectivity index (χ0) is 20.4. The van der Waals surface area contributed by atoms with Crippen LogP contribution < -0.4 is 10.6 Å². The van der Waals surface area contributed by atoms with E-state index < -0.39 is 0 Å². The molecule has 4 aromatic rings. The van der Waals surface area contributed by atoms with Gasteiger partial charge in [-0.3, -0.25) is 10.1 Å². The van der Waals surface area contributed by atoms with Crippen LogP contribution in [0.4, 0.5) is 5.69 Å². The largest absolute Gasteiger partial charge is 0.436 e. The number of amides is 1. The Morgan fingerprint density at radius 1 is 1.07 bits per heavy atom. The lowest BCUT2D eigenvalue weighted by Gasteiger charge is -2.09. The van der Waals surface area contributed by atoms with Crippen molar-refractivity contribution in [2.24, 2.45) is 0 Å². The lowest BCUT2D eigenvalue weighted by atomic mass is 10.2. The highest BCUT2D eigenvalue weighted by molar-refractivity contribution is 9.10. The summed E-state index contributed by atoms with van der Waals surface area (Å²) < 4.78 is 6.80. The van der Waals surface area contributed by atoms with Crippen LogP contribution in [0.2, 0.25) is 5.02 Å². The van der Waals surface area contributed by atoms with Gasteiger partial charge in [0.05, 0.1) is 0 Å². The Morgan fingerprint density at radius 2 is 1.86 bits per heavy atom. The number of thiocarbonyl (C=S) groups is 1. The second kappa shape index (κ2) is 8.32. The molecule has 0 unspecified atom stereocenters. The van der Waals surface area contributed by atoms with Crippen LogP contribution in [0.25, 0.3) is 22.6 Å². The molecule has 0 radical (unpaired) electrons. The molecule has 2 N–H and O–H groups in total. The van der Waals surface area contributed by atoms with Gasteiger partial charge in [0.15, 0.2) is 10.7 Å². The van der Waals surface area contributed by atoms with Gasteiger partial charge < -0.3 is 9.73 Å². The van der Waals surface area contributed by atoms with Gasteiger partial charge in [-0.25, -0.2) is 4.98 Å². The van der Waals surface area contributed by atoms with Crippen molar-refractivity contribution >= 4 is 67.6 Å². The van der Waals surface area contributed by atoms with Gasteiger partial charge in [0.25, 0.3) is 5.91 Å². The first-order chi connectivity index (χ1) is 14.0. The Kier molecular flexibility index (Phi) is 5.62. The first kappa shape index (κ1) is 19.6. The van der Waals surface area contributed by atoms with E-state index >= 15 is 0 Å². The van der Waals surface area contributed by atoms with Crippen molar-refractivity contribution in [1.29, 1.82) is 0 Å². The van der Waals surface area contributed by atoms with Gasteiger partial charge in [-0.1, -0.05) is 33.6 Å². The molecule has 4 rings (SSSR count). The molecule has 0 saturated heterocycles. The molecule has 1 amide bonds. The second-order valence-electron chi connectivity index (χ2n) is 6.13. The number of hydrogen-bond acceptors (Lipinski definition) is 4. The zero-order valence-corrected chi connectivity index (χ0v) is 17.9. The fraction of sp³-hybridized carbons (Fsp3) is 0. The minimum Gasteiger partial charge on any atom is -0.436 e. The van der Waals surface area contributed by atoms with E-state index in [0.29, 0.717) is 33.3 Å². The van der Waals surface area contributed by atoms with Crippen molar-refractivity contribution in [3.63, 3.8) is 0 Å². The van der Waals surface area contributed by atoms with Crippen LogP contribution in [-0.2, 0) is 0 Å². The van der Waals surface area contributed by atoms with E-state index in [4.69, 9.17) is 28.2 Å². The molecule has 0 saturated carbocycles. The summed E-state index contributed by atoms with van der Waals surface area (Å²) in [4.78, 5) is 16.8. The average Bonchev–Trinajstić information content (AvgIpc) is 3.11. The Morgan fingerprint density at radius 3 is 2.62 bits per heavy atom. The van der Waals surface area contributed by atoms with Crippen molar-refractivity contribution in [2.75, 3.05) is 5.32 Å². The van der Waals surface area contributed by atoms with Crippen molar-refractivity contribution in [1.82, 2.24) is 10.3 Å².